The maximum Gasteiger partial charge on any atom is 0.573 e. The van der Waals surface area contributed by atoms with Crippen LogP contribution in [-0.2, 0) is 0 Å². The van der Waals surface area contributed by atoms with Crippen LogP contribution in [0.3, 0.4) is 0 Å². The Balaban J connectivity index is 2.20. The third kappa shape index (κ3) is 6.99. The van der Waals surface area contributed by atoms with E-state index in [1.807, 2.05) is 12.1 Å². The largest absolute Gasteiger partial charge is 0.573 e. The van der Waals surface area contributed by atoms with Crippen LogP contribution in [0.1, 0.15) is 37.3 Å². The molecule has 0 aromatic heterocycles. The van der Waals surface area contributed by atoms with E-state index < -0.39 is 6.36 Å². The van der Waals surface area contributed by atoms with E-state index in [1.54, 1.807) is 0 Å². The van der Waals surface area contributed by atoms with E-state index in [2.05, 4.69) is 37.5 Å². The molecule has 3 nitrogen and oxygen atoms in total. The number of alkyl halides is 3. The maximum atomic E-state index is 12.6. The molecule has 1 aliphatic heterocycles. The second-order valence-corrected chi connectivity index (χ2v) is 7.06. The van der Waals surface area contributed by atoms with Crippen LogP contribution in [0.25, 0.3) is 0 Å². The first-order valence-corrected chi connectivity index (χ1v) is 9.30. The Bertz CT molecular complexity index is 560. The second kappa shape index (κ2) is 9.59. The van der Waals surface area contributed by atoms with E-state index in [0.717, 1.165) is 57.4 Å². The fourth-order valence-corrected chi connectivity index (χ4v) is 3.64. The minimum atomic E-state index is -4.69. The molecular weight excluding hydrogens is 397 g/mol. The highest BCUT2D eigenvalue weighted by atomic mass is 79.9. The van der Waals surface area contributed by atoms with Crippen LogP contribution in [0.5, 0.6) is 5.75 Å². The molecular formula is C18H24BrF3N2O. The summed E-state index contributed by atoms with van der Waals surface area (Å²) in [5.74, 6) is -0.178. The highest BCUT2D eigenvalue weighted by Crippen LogP contribution is 2.34. The number of nitrogens with zero attached hydrogens (tertiary/aromatic N) is 1. The molecule has 0 amide bonds. The standard InChI is InChI=1S/C18H24BrF3N2O/c1-2-3-4-5-6-17(24-9-7-23-8-10-24)14-11-15(19)13-16(12-14)25-18(20,21)22/h2,11-13,17,23H,1,3-10H2/t17-/m0/s1. The molecule has 0 unspecified atom stereocenters. The van der Waals surface area contributed by atoms with Crippen molar-refractivity contribution in [3.8, 4) is 5.75 Å². The van der Waals surface area contributed by atoms with Crippen molar-refractivity contribution in [1.29, 1.82) is 0 Å². The monoisotopic (exact) mass is 420 g/mol. The minimum absolute atomic E-state index is 0.0833. The Morgan fingerprint density at radius 3 is 2.60 bits per heavy atom. The van der Waals surface area contributed by atoms with E-state index >= 15 is 0 Å². The Labute approximate surface area is 155 Å². The Morgan fingerprint density at radius 2 is 1.96 bits per heavy atom. The molecule has 1 aliphatic rings. The van der Waals surface area contributed by atoms with Crippen molar-refractivity contribution < 1.29 is 17.9 Å². The third-order valence-electron chi connectivity index (χ3n) is 4.24. The molecule has 7 heteroatoms. The summed E-state index contributed by atoms with van der Waals surface area (Å²) in [6.07, 6.45) is 1.10. The topological polar surface area (TPSA) is 24.5 Å². The molecule has 1 fully saturated rings. The molecule has 1 aromatic rings. The minimum Gasteiger partial charge on any atom is -0.406 e. The molecule has 1 N–H and O–H groups in total. The molecule has 25 heavy (non-hydrogen) atoms. The summed E-state index contributed by atoms with van der Waals surface area (Å²) in [4.78, 5) is 2.34. The van der Waals surface area contributed by atoms with E-state index in [0.29, 0.717) is 4.47 Å². The number of nitrogens with one attached hydrogen (secondary N) is 1. The van der Waals surface area contributed by atoms with Crippen LogP contribution in [0.2, 0.25) is 0 Å². The van der Waals surface area contributed by atoms with Gasteiger partial charge in [-0.1, -0.05) is 28.4 Å². The normalized spacial score (nSPS) is 17.3. The van der Waals surface area contributed by atoms with Crippen LogP contribution in [0.4, 0.5) is 13.2 Å². The lowest BCUT2D eigenvalue weighted by Gasteiger charge is -2.35. The molecule has 0 aliphatic carbocycles. The zero-order valence-electron chi connectivity index (χ0n) is 14.1. The first-order chi connectivity index (χ1) is 11.9. The van der Waals surface area contributed by atoms with Crippen molar-refractivity contribution >= 4 is 15.9 Å². The van der Waals surface area contributed by atoms with Gasteiger partial charge in [-0.05, 0) is 43.0 Å². The van der Waals surface area contributed by atoms with Crippen LogP contribution < -0.4 is 10.1 Å². The molecule has 1 saturated heterocycles. The number of benzene rings is 1. The molecule has 1 heterocycles. The maximum absolute atomic E-state index is 12.6. The van der Waals surface area contributed by atoms with E-state index in [-0.39, 0.29) is 11.8 Å². The lowest BCUT2D eigenvalue weighted by atomic mass is 9.98. The molecule has 0 bridgehead atoms. The highest BCUT2D eigenvalue weighted by molar-refractivity contribution is 9.10. The van der Waals surface area contributed by atoms with Gasteiger partial charge in [-0.25, -0.2) is 0 Å². The van der Waals surface area contributed by atoms with Crippen LogP contribution >= 0.6 is 15.9 Å². The summed E-state index contributed by atoms with van der Waals surface area (Å²) < 4.78 is 42.5. The SMILES string of the molecule is C=CCCCC[C@@H](c1cc(Br)cc(OC(F)(F)F)c1)N1CCNCC1. The highest BCUT2D eigenvalue weighted by Gasteiger charge is 2.32. The quantitative estimate of drug-likeness (QED) is 0.470. The number of halogens is 4. The van der Waals surface area contributed by atoms with Crippen molar-refractivity contribution in [2.45, 2.75) is 38.1 Å². The first kappa shape index (κ1) is 20.3. The number of hydrogen-bond donors (Lipinski definition) is 1. The fourth-order valence-electron chi connectivity index (χ4n) is 3.15. The third-order valence-corrected chi connectivity index (χ3v) is 4.70. The van der Waals surface area contributed by atoms with Gasteiger partial charge in [-0.2, -0.15) is 0 Å². The van der Waals surface area contributed by atoms with Crippen molar-refractivity contribution in [2.75, 3.05) is 26.2 Å². The van der Waals surface area contributed by atoms with E-state index in [9.17, 15) is 13.2 Å². The summed E-state index contributed by atoms with van der Waals surface area (Å²) in [7, 11) is 0. The number of ether oxygens (including phenoxy) is 1. The average Bonchev–Trinajstić information content (AvgIpc) is 2.53. The molecule has 0 radical (unpaired) electrons. The second-order valence-electron chi connectivity index (χ2n) is 6.14. The van der Waals surface area contributed by atoms with Crippen LogP contribution in [0, 0.1) is 0 Å². The number of allylic oxidation sites excluding steroid dienone is 1. The first-order valence-electron chi connectivity index (χ1n) is 8.51. The summed E-state index contributed by atoms with van der Waals surface area (Å²) >= 11 is 3.31. The smallest absolute Gasteiger partial charge is 0.406 e. The van der Waals surface area contributed by atoms with Crippen molar-refractivity contribution in [2.24, 2.45) is 0 Å². The van der Waals surface area contributed by atoms with Gasteiger partial charge < -0.3 is 10.1 Å². The van der Waals surface area contributed by atoms with Gasteiger partial charge >= 0.3 is 6.36 Å². The Morgan fingerprint density at radius 1 is 1.24 bits per heavy atom. The number of piperazine rings is 1. The van der Waals surface area contributed by atoms with Gasteiger partial charge in [0.25, 0.3) is 0 Å². The number of rotatable bonds is 8. The molecule has 1 atom stereocenters. The van der Waals surface area contributed by atoms with Crippen molar-refractivity contribution in [1.82, 2.24) is 10.2 Å². The van der Waals surface area contributed by atoms with Gasteiger partial charge in [0.1, 0.15) is 5.75 Å². The summed E-state index contributed by atoms with van der Waals surface area (Å²) in [5, 5.41) is 3.31. The molecule has 0 saturated carbocycles. The fraction of sp³-hybridized carbons (Fsp3) is 0.556. The molecule has 2 rings (SSSR count). The zero-order chi connectivity index (χ0) is 18.3. The molecule has 140 valence electrons. The van der Waals surface area contributed by atoms with Gasteiger partial charge in [0.05, 0.1) is 0 Å². The summed E-state index contributed by atoms with van der Waals surface area (Å²) in [5.41, 5.74) is 0.856. The van der Waals surface area contributed by atoms with E-state index in [1.165, 1.54) is 12.1 Å². The number of unbranched alkanes of at least 4 members (excludes halogenated alkanes) is 2. The van der Waals surface area contributed by atoms with Gasteiger partial charge in [0, 0.05) is 36.7 Å². The lowest BCUT2D eigenvalue weighted by Crippen LogP contribution is -2.45. The van der Waals surface area contributed by atoms with E-state index in [4.69, 9.17) is 0 Å². The summed E-state index contributed by atoms with van der Waals surface area (Å²) in [6.45, 7) is 7.28. The van der Waals surface area contributed by atoms with Gasteiger partial charge in [0.2, 0.25) is 0 Å². The Hall–Kier alpha value is -1.05. The predicted molar refractivity (Wildman–Crippen MR) is 96.7 cm³/mol. The molecule has 0 spiro atoms. The average molecular weight is 421 g/mol. The predicted octanol–water partition coefficient (Wildman–Crippen LogP) is 5.04. The van der Waals surface area contributed by atoms with Crippen molar-refractivity contribution in [3.63, 3.8) is 0 Å². The summed E-state index contributed by atoms with van der Waals surface area (Å²) in [6, 6.07) is 4.84. The van der Waals surface area contributed by atoms with Crippen LogP contribution in [-0.4, -0.2) is 37.4 Å². The van der Waals surface area contributed by atoms with Gasteiger partial charge in [-0.15, -0.1) is 19.8 Å². The zero-order valence-corrected chi connectivity index (χ0v) is 15.7. The number of hydrogen-bond acceptors (Lipinski definition) is 3. The van der Waals surface area contributed by atoms with Gasteiger partial charge in [-0.3, -0.25) is 4.90 Å². The lowest BCUT2D eigenvalue weighted by molar-refractivity contribution is -0.274. The van der Waals surface area contributed by atoms with Crippen LogP contribution in [0.15, 0.2) is 35.3 Å². The van der Waals surface area contributed by atoms with Gasteiger partial charge in [0.15, 0.2) is 0 Å². The molecule has 1 aromatic carbocycles. The van der Waals surface area contributed by atoms with Crippen molar-refractivity contribution in [3.05, 3.63) is 40.9 Å². The Kier molecular flexibility index (Phi) is 7.78.